The summed E-state index contributed by atoms with van der Waals surface area (Å²) in [5, 5.41) is 9.45. The summed E-state index contributed by atoms with van der Waals surface area (Å²) in [5.74, 6) is -1.30. The molecule has 10 nitrogen and oxygen atoms in total. The first-order valence-electron chi connectivity index (χ1n) is 9.28. The fraction of sp³-hybridized carbons (Fsp3) is 0.833. The second-order valence-electron chi connectivity index (χ2n) is 8.05. The van der Waals surface area contributed by atoms with Crippen molar-refractivity contribution >= 4 is 18.2 Å². The van der Waals surface area contributed by atoms with E-state index in [-0.39, 0.29) is 6.42 Å². The number of carbonyl (C=O) groups is 3. The number of nitrogens with zero attached hydrogens (tertiary/aromatic N) is 1. The van der Waals surface area contributed by atoms with E-state index < -0.39 is 35.4 Å². The Morgan fingerprint density at radius 2 is 1.21 bits per heavy atom. The van der Waals surface area contributed by atoms with E-state index in [0.29, 0.717) is 37.4 Å². The first-order chi connectivity index (χ1) is 12.7. The first kappa shape index (κ1) is 28.3. The SMILES string of the molecule is CC(C)(C)OC(=O)N(C(=O)OC(C)(C)C)[C@@H](CCCCN)C(=O)O.NCCN. The van der Waals surface area contributed by atoms with Crippen LogP contribution < -0.4 is 17.2 Å². The van der Waals surface area contributed by atoms with Gasteiger partial charge in [-0.1, -0.05) is 0 Å². The second-order valence-corrected chi connectivity index (χ2v) is 8.05. The Hall–Kier alpha value is -1.91. The first-order valence-corrected chi connectivity index (χ1v) is 9.28. The highest BCUT2D eigenvalue weighted by Crippen LogP contribution is 2.19. The number of amides is 2. The zero-order valence-electron chi connectivity index (χ0n) is 18.0. The minimum Gasteiger partial charge on any atom is -0.480 e. The third-order valence-electron chi connectivity index (χ3n) is 2.88. The van der Waals surface area contributed by atoms with Crippen molar-refractivity contribution in [2.24, 2.45) is 17.2 Å². The highest BCUT2D eigenvalue weighted by atomic mass is 16.6. The summed E-state index contributed by atoms with van der Waals surface area (Å²) in [4.78, 5) is 36.9. The van der Waals surface area contributed by atoms with E-state index in [9.17, 15) is 19.5 Å². The van der Waals surface area contributed by atoms with Crippen LogP contribution in [0.4, 0.5) is 9.59 Å². The summed E-state index contributed by atoms with van der Waals surface area (Å²) in [7, 11) is 0. The van der Waals surface area contributed by atoms with Crippen molar-refractivity contribution in [3.05, 3.63) is 0 Å². The van der Waals surface area contributed by atoms with Crippen LogP contribution in [0, 0.1) is 0 Å². The van der Waals surface area contributed by atoms with E-state index in [1.54, 1.807) is 41.5 Å². The average molecular weight is 407 g/mol. The van der Waals surface area contributed by atoms with Crippen LogP contribution in [0.1, 0.15) is 60.8 Å². The summed E-state index contributed by atoms with van der Waals surface area (Å²) < 4.78 is 10.3. The number of hydrogen-bond acceptors (Lipinski definition) is 8. The molecule has 0 bridgehead atoms. The molecular weight excluding hydrogens is 368 g/mol. The smallest absolute Gasteiger partial charge is 0.420 e. The fourth-order valence-electron chi connectivity index (χ4n) is 1.80. The van der Waals surface area contributed by atoms with Crippen LogP contribution in [0.3, 0.4) is 0 Å². The van der Waals surface area contributed by atoms with Gasteiger partial charge in [0.15, 0.2) is 0 Å². The Kier molecular flexibility index (Phi) is 13.4. The van der Waals surface area contributed by atoms with Crippen molar-refractivity contribution in [1.82, 2.24) is 4.90 Å². The van der Waals surface area contributed by atoms with Gasteiger partial charge in [-0.15, -0.1) is 0 Å². The molecule has 166 valence electrons. The standard InChI is InChI=1S/C16H30N2O6.C2H8N2/c1-15(2,3)23-13(21)18(14(22)24-16(4,5)6)11(12(19)20)9-7-8-10-17;3-1-2-4/h11H,7-10,17H2,1-6H3,(H,19,20);1-4H2/t11-;/m0./s1. The van der Waals surface area contributed by atoms with E-state index >= 15 is 0 Å². The molecule has 0 aromatic carbocycles. The quantitative estimate of drug-likeness (QED) is 0.458. The molecule has 10 heteroatoms. The molecule has 2 amide bonds. The molecule has 0 aliphatic heterocycles. The van der Waals surface area contributed by atoms with Crippen molar-refractivity contribution in [3.8, 4) is 0 Å². The maximum Gasteiger partial charge on any atom is 0.420 e. The van der Waals surface area contributed by atoms with E-state index in [4.69, 9.17) is 26.7 Å². The van der Waals surface area contributed by atoms with Crippen molar-refractivity contribution in [2.75, 3.05) is 19.6 Å². The third kappa shape index (κ3) is 14.2. The number of unbranched alkanes of at least 4 members (excludes halogenated alkanes) is 1. The van der Waals surface area contributed by atoms with Gasteiger partial charge in [-0.25, -0.2) is 14.4 Å². The molecule has 28 heavy (non-hydrogen) atoms. The number of hydrogen-bond donors (Lipinski definition) is 4. The molecular formula is C18H38N4O6. The van der Waals surface area contributed by atoms with Gasteiger partial charge in [-0.05, 0) is 67.3 Å². The molecule has 0 radical (unpaired) electrons. The molecule has 0 aliphatic carbocycles. The number of rotatable bonds is 7. The molecule has 0 aromatic rings. The largest absolute Gasteiger partial charge is 0.480 e. The van der Waals surface area contributed by atoms with Crippen LogP contribution in [0.5, 0.6) is 0 Å². The predicted octanol–water partition coefficient (Wildman–Crippen LogP) is 1.64. The normalized spacial score (nSPS) is 12.3. The highest BCUT2D eigenvalue weighted by molar-refractivity contribution is 5.93. The maximum atomic E-state index is 12.4. The Bertz CT molecular complexity index is 455. The molecule has 0 aromatic heterocycles. The summed E-state index contributed by atoms with van der Waals surface area (Å²) in [5.41, 5.74) is 13.5. The zero-order valence-corrected chi connectivity index (χ0v) is 18.0. The lowest BCUT2D eigenvalue weighted by atomic mass is 10.1. The molecule has 0 saturated carbocycles. The van der Waals surface area contributed by atoms with Crippen molar-refractivity contribution in [1.29, 1.82) is 0 Å². The minimum atomic E-state index is -1.37. The second kappa shape index (κ2) is 13.3. The fourth-order valence-corrected chi connectivity index (χ4v) is 1.80. The molecule has 0 saturated heterocycles. The number of ether oxygens (including phenoxy) is 2. The van der Waals surface area contributed by atoms with Gasteiger partial charge >= 0.3 is 18.2 Å². The molecule has 1 atom stereocenters. The van der Waals surface area contributed by atoms with Crippen LogP contribution in [-0.2, 0) is 14.3 Å². The van der Waals surface area contributed by atoms with E-state index in [1.165, 1.54) is 0 Å². The number of carboxylic acids is 1. The topological polar surface area (TPSA) is 171 Å². The van der Waals surface area contributed by atoms with E-state index in [1.807, 2.05) is 0 Å². The van der Waals surface area contributed by atoms with Gasteiger partial charge in [0.1, 0.15) is 17.2 Å². The van der Waals surface area contributed by atoms with E-state index in [2.05, 4.69) is 0 Å². The summed E-state index contributed by atoms with van der Waals surface area (Å²) >= 11 is 0. The Morgan fingerprint density at radius 3 is 1.46 bits per heavy atom. The number of aliphatic carboxylic acids is 1. The summed E-state index contributed by atoms with van der Waals surface area (Å²) in [6.07, 6.45) is -0.977. The van der Waals surface area contributed by atoms with Gasteiger partial charge in [0.05, 0.1) is 0 Å². The molecule has 0 spiro atoms. The van der Waals surface area contributed by atoms with Crippen molar-refractivity contribution < 1.29 is 29.0 Å². The van der Waals surface area contributed by atoms with E-state index in [0.717, 1.165) is 0 Å². The van der Waals surface area contributed by atoms with Crippen LogP contribution >= 0.6 is 0 Å². The van der Waals surface area contributed by atoms with Crippen LogP contribution in [0.25, 0.3) is 0 Å². The Labute approximate surface area is 167 Å². The number of imide groups is 1. The lowest BCUT2D eigenvalue weighted by Crippen LogP contribution is -2.52. The van der Waals surface area contributed by atoms with Crippen LogP contribution in [0.2, 0.25) is 0 Å². The third-order valence-corrected chi connectivity index (χ3v) is 2.88. The van der Waals surface area contributed by atoms with Gasteiger partial charge < -0.3 is 31.8 Å². The molecule has 0 unspecified atom stereocenters. The molecule has 0 aliphatic rings. The van der Waals surface area contributed by atoms with Crippen LogP contribution in [0.15, 0.2) is 0 Å². The lowest BCUT2D eigenvalue weighted by molar-refractivity contribution is -0.143. The van der Waals surface area contributed by atoms with Gasteiger partial charge in [-0.2, -0.15) is 4.90 Å². The molecule has 0 fully saturated rings. The highest BCUT2D eigenvalue weighted by Gasteiger charge is 2.39. The van der Waals surface area contributed by atoms with Gasteiger partial charge in [0, 0.05) is 13.1 Å². The summed E-state index contributed by atoms with van der Waals surface area (Å²) in [6.45, 7) is 11.4. The van der Waals surface area contributed by atoms with Crippen molar-refractivity contribution in [3.63, 3.8) is 0 Å². The lowest BCUT2D eigenvalue weighted by Gasteiger charge is -2.31. The van der Waals surface area contributed by atoms with Gasteiger partial charge in [0.25, 0.3) is 0 Å². The maximum absolute atomic E-state index is 12.4. The predicted molar refractivity (Wildman–Crippen MR) is 107 cm³/mol. The number of carboxylic acid groups (broad SMARTS) is 1. The minimum absolute atomic E-state index is 0.0744. The molecule has 0 heterocycles. The number of carbonyl (C=O) groups excluding carboxylic acids is 2. The van der Waals surface area contributed by atoms with Gasteiger partial charge in [0.2, 0.25) is 0 Å². The monoisotopic (exact) mass is 406 g/mol. The van der Waals surface area contributed by atoms with Crippen molar-refractivity contribution in [2.45, 2.75) is 78.0 Å². The zero-order chi connectivity index (χ0) is 22.5. The average Bonchev–Trinajstić information content (AvgIpc) is 2.50. The van der Waals surface area contributed by atoms with Crippen LogP contribution in [-0.4, -0.2) is 65.0 Å². The van der Waals surface area contributed by atoms with Gasteiger partial charge in [-0.3, -0.25) is 0 Å². The Morgan fingerprint density at radius 1 is 0.821 bits per heavy atom. The number of nitrogens with two attached hydrogens (primary N) is 3. The molecule has 7 N–H and O–H groups in total. The Balaban J connectivity index is 0. The summed E-state index contributed by atoms with van der Waals surface area (Å²) in [6, 6.07) is -1.37. The molecule has 0 rings (SSSR count).